The van der Waals surface area contributed by atoms with E-state index < -0.39 is 0 Å². The summed E-state index contributed by atoms with van der Waals surface area (Å²) in [6.45, 7) is 2.08. The molecule has 78 valence electrons. The highest BCUT2D eigenvalue weighted by Gasteiger charge is 2.06. The third kappa shape index (κ3) is 2.01. The van der Waals surface area contributed by atoms with Gasteiger partial charge in [0.15, 0.2) is 0 Å². The number of nitrogen functional groups attached to an aromatic ring is 1. The average molecular weight is 223 g/mol. The summed E-state index contributed by atoms with van der Waals surface area (Å²) in [4.78, 5) is 15.5. The van der Waals surface area contributed by atoms with Crippen molar-refractivity contribution >= 4 is 16.5 Å². The Balaban J connectivity index is 2.33. The highest BCUT2D eigenvalue weighted by molar-refractivity contribution is 7.09. The molecule has 2 N–H and O–H groups in total. The minimum atomic E-state index is -0.116. The van der Waals surface area contributed by atoms with E-state index >= 15 is 0 Å². The van der Waals surface area contributed by atoms with Crippen molar-refractivity contribution in [3.05, 3.63) is 34.1 Å². The number of rotatable bonds is 2. The fourth-order valence-electron chi connectivity index (χ4n) is 1.12. The van der Waals surface area contributed by atoms with Crippen LogP contribution in [0.25, 0.3) is 0 Å². The Morgan fingerprint density at radius 2 is 2.40 bits per heavy atom. The molecule has 0 saturated heterocycles. The summed E-state index contributed by atoms with van der Waals surface area (Å²) in [5, 5.41) is 4.36. The molecule has 0 radical (unpaired) electrons. The number of hydrogen-bond acceptors (Lipinski definition) is 6. The van der Waals surface area contributed by atoms with Crippen LogP contribution in [0.3, 0.4) is 0 Å². The Kier molecular flexibility index (Phi) is 2.46. The lowest BCUT2D eigenvalue weighted by Gasteiger charge is -2.02. The average Bonchev–Trinajstić information content (AvgIpc) is 2.57. The Bertz CT molecular complexity index is 532. The highest BCUT2D eigenvalue weighted by Crippen LogP contribution is 2.12. The Labute approximate surface area is 89.6 Å². The van der Waals surface area contributed by atoms with Crippen molar-refractivity contribution in [2.75, 3.05) is 5.73 Å². The summed E-state index contributed by atoms with van der Waals surface area (Å²) in [5.74, 6) is 0. The van der Waals surface area contributed by atoms with Crippen LogP contribution in [0.2, 0.25) is 0 Å². The molecule has 2 heterocycles. The van der Waals surface area contributed by atoms with E-state index in [1.807, 2.05) is 0 Å². The van der Waals surface area contributed by atoms with Crippen molar-refractivity contribution in [1.29, 1.82) is 0 Å². The van der Waals surface area contributed by atoms with Crippen LogP contribution < -0.4 is 11.3 Å². The van der Waals surface area contributed by atoms with Crippen LogP contribution in [0.4, 0.5) is 5.00 Å². The first kappa shape index (κ1) is 9.78. The van der Waals surface area contributed by atoms with Crippen LogP contribution in [0.15, 0.2) is 17.2 Å². The molecule has 0 fully saturated rings. The van der Waals surface area contributed by atoms with Crippen LogP contribution in [0, 0.1) is 6.92 Å². The molecule has 0 spiro atoms. The van der Waals surface area contributed by atoms with Crippen LogP contribution in [0.1, 0.15) is 11.4 Å². The molecule has 2 rings (SSSR count). The first-order chi connectivity index (χ1) is 7.16. The van der Waals surface area contributed by atoms with Crippen LogP contribution in [-0.2, 0) is 6.54 Å². The normalized spacial score (nSPS) is 10.5. The van der Waals surface area contributed by atoms with Crippen LogP contribution in [-0.4, -0.2) is 19.1 Å². The van der Waals surface area contributed by atoms with Gasteiger partial charge in [-0.1, -0.05) is 4.49 Å². The molecule has 2 aromatic heterocycles. The molecule has 0 unspecified atom stereocenters. The standard InChI is InChI=1S/C8H9N5OS/c1-5-2-7(14)13(4-10-5)3-6-8(9)15-12-11-6/h2,4H,3,9H2,1H3. The smallest absolute Gasteiger partial charge is 0.253 e. The Hall–Kier alpha value is -1.76. The van der Waals surface area contributed by atoms with E-state index in [4.69, 9.17) is 5.73 Å². The third-order valence-corrected chi connectivity index (χ3v) is 2.52. The minimum absolute atomic E-state index is 0.116. The largest absolute Gasteiger partial charge is 0.388 e. The zero-order chi connectivity index (χ0) is 10.8. The van der Waals surface area contributed by atoms with Gasteiger partial charge in [-0.05, 0) is 6.92 Å². The fourth-order valence-corrected chi connectivity index (χ4v) is 1.56. The van der Waals surface area contributed by atoms with E-state index in [9.17, 15) is 4.79 Å². The molecule has 15 heavy (non-hydrogen) atoms. The number of nitrogens with zero attached hydrogens (tertiary/aromatic N) is 4. The van der Waals surface area contributed by atoms with Gasteiger partial charge >= 0.3 is 0 Å². The van der Waals surface area contributed by atoms with Crippen LogP contribution >= 0.6 is 11.5 Å². The molecule has 0 aliphatic rings. The minimum Gasteiger partial charge on any atom is -0.388 e. The van der Waals surface area contributed by atoms with Crippen molar-refractivity contribution in [1.82, 2.24) is 19.1 Å². The SMILES string of the molecule is Cc1cc(=O)n(Cc2nnsc2N)cn1. The predicted octanol–water partition coefficient (Wildman–Crippen LogP) is 0.0337. The maximum absolute atomic E-state index is 11.5. The first-order valence-electron chi connectivity index (χ1n) is 4.26. The summed E-state index contributed by atoms with van der Waals surface area (Å²) in [6.07, 6.45) is 1.48. The summed E-state index contributed by atoms with van der Waals surface area (Å²) < 4.78 is 5.14. The number of nitrogens with two attached hydrogens (primary N) is 1. The van der Waals surface area contributed by atoms with E-state index in [0.29, 0.717) is 22.9 Å². The molecule has 0 aliphatic heterocycles. The van der Waals surface area contributed by atoms with E-state index in [1.165, 1.54) is 17.0 Å². The second kappa shape index (κ2) is 3.77. The molecule has 0 atom stereocenters. The molecule has 7 heteroatoms. The molecule has 0 bridgehead atoms. The Morgan fingerprint density at radius 1 is 1.60 bits per heavy atom. The van der Waals surface area contributed by atoms with Crippen molar-refractivity contribution in [3.63, 3.8) is 0 Å². The van der Waals surface area contributed by atoms with Gasteiger partial charge in [-0.3, -0.25) is 9.36 Å². The monoisotopic (exact) mass is 223 g/mol. The molecule has 0 amide bonds. The van der Waals surface area contributed by atoms with E-state index in [0.717, 1.165) is 11.5 Å². The number of anilines is 1. The van der Waals surface area contributed by atoms with E-state index in [1.54, 1.807) is 6.92 Å². The van der Waals surface area contributed by atoms with Crippen molar-refractivity contribution in [3.8, 4) is 0 Å². The van der Waals surface area contributed by atoms with Gasteiger partial charge in [-0.2, -0.15) is 0 Å². The summed E-state index contributed by atoms with van der Waals surface area (Å²) in [5.41, 5.74) is 6.81. The first-order valence-corrected chi connectivity index (χ1v) is 5.04. The summed E-state index contributed by atoms with van der Waals surface area (Å²) in [7, 11) is 0. The lowest BCUT2D eigenvalue weighted by molar-refractivity contribution is 0.712. The molecular weight excluding hydrogens is 214 g/mol. The van der Waals surface area contributed by atoms with Crippen LogP contribution in [0.5, 0.6) is 0 Å². The number of aryl methyl sites for hydroxylation is 1. The Morgan fingerprint density at radius 3 is 3.00 bits per heavy atom. The summed E-state index contributed by atoms with van der Waals surface area (Å²) >= 11 is 1.11. The lowest BCUT2D eigenvalue weighted by Crippen LogP contribution is -2.21. The topological polar surface area (TPSA) is 86.7 Å². The summed E-state index contributed by atoms with van der Waals surface area (Å²) in [6, 6.07) is 1.47. The second-order valence-corrected chi connectivity index (χ2v) is 3.87. The van der Waals surface area contributed by atoms with Gasteiger partial charge in [0.05, 0.1) is 12.9 Å². The van der Waals surface area contributed by atoms with Gasteiger partial charge < -0.3 is 5.73 Å². The molecule has 0 saturated carbocycles. The van der Waals surface area contributed by atoms with E-state index in [-0.39, 0.29) is 5.56 Å². The van der Waals surface area contributed by atoms with Gasteiger partial charge in [0.1, 0.15) is 10.7 Å². The van der Waals surface area contributed by atoms with Gasteiger partial charge in [0.25, 0.3) is 5.56 Å². The molecule has 0 aromatic carbocycles. The zero-order valence-corrected chi connectivity index (χ0v) is 8.86. The lowest BCUT2D eigenvalue weighted by atomic mass is 10.4. The van der Waals surface area contributed by atoms with Gasteiger partial charge in [0, 0.05) is 23.3 Å². The van der Waals surface area contributed by atoms with Gasteiger partial charge in [-0.15, -0.1) is 5.10 Å². The molecule has 0 aliphatic carbocycles. The number of hydrogen-bond donors (Lipinski definition) is 1. The molecular formula is C8H9N5OS. The quantitative estimate of drug-likeness (QED) is 0.776. The maximum atomic E-state index is 11.5. The zero-order valence-electron chi connectivity index (χ0n) is 8.04. The van der Waals surface area contributed by atoms with E-state index in [2.05, 4.69) is 14.6 Å². The molecule has 2 aromatic rings. The number of aromatic nitrogens is 4. The highest BCUT2D eigenvalue weighted by atomic mass is 32.1. The predicted molar refractivity (Wildman–Crippen MR) is 56.7 cm³/mol. The second-order valence-electron chi connectivity index (χ2n) is 3.08. The third-order valence-electron chi connectivity index (χ3n) is 1.92. The van der Waals surface area contributed by atoms with Crippen molar-refractivity contribution in [2.45, 2.75) is 13.5 Å². The molecule has 6 nitrogen and oxygen atoms in total. The van der Waals surface area contributed by atoms with Crippen molar-refractivity contribution in [2.24, 2.45) is 0 Å². The van der Waals surface area contributed by atoms with Gasteiger partial charge in [0.2, 0.25) is 0 Å². The maximum Gasteiger partial charge on any atom is 0.253 e. The van der Waals surface area contributed by atoms with Gasteiger partial charge in [-0.25, -0.2) is 4.98 Å². The fraction of sp³-hybridized carbons (Fsp3) is 0.250. The van der Waals surface area contributed by atoms with Crippen molar-refractivity contribution < 1.29 is 0 Å².